The maximum Gasteiger partial charge on any atom is 0.246 e. The summed E-state index contributed by atoms with van der Waals surface area (Å²) in [4.78, 5) is 14.5. The zero-order chi connectivity index (χ0) is 18.6. The molecule has 6 nitrogen and oxygen atoms in total. The minimum absolute atomic E-state index is 0.00227. The molecule has 1 amide bonds. The van der Waals surface area contributed by atoms with Crippen molar-refractivity contribution in [1.29, 1.82) is 0 Å². The van der Waals surface area contributed by atoms with Crippen LogP contribution in [0, 0.1) is 0 Å². The normalized spacial score (nSPS) is 18.3. The lowest BCUT2D eigenvalue weighted by Gasteiger charge is -2.28. The van der Waals surface area contributed by atoms with E-state index in [4.69, 9.17) is 4.74 Å². The van der Waals surface area contributed by atoms with Crippen LogP contribution in [-0.2, 0) is 14.6 Å². The summed E-state index contributed by atoms with van der Waals surface area (Å²) in [6.07, 6.45) is 0.456. The second-order valence-electron chi connectivity index (χ2n) is 6.21. The highest BCUT2D eigenvalue weighted by molar-refractivity contribution is 7.91. The fraction of sp³-hybridized carbons (Fsp3) is 0.316. The number of nitrogens with one attached hydrogen (secondary N) is 1. The molecule has 138 valence electrons. The zero-order valence-corrected chi connectivity index (χ0v) is 15.4. The molecule has 1 unspecified atom stereocenters. The third-order valence-electron chi connectivity index (χ3n) is 4.41. The number of hydrogen-bond acceptors (Lipinski definition) is 5. The van der Waals surface area contributed by atoms with Crippen molar-refractivity contribution in [3.8, 4) is 5.75 Å². The van der Waals surface area contributed by atoms with Crippen LogP contribution < -0.4 is 15.0 Å². The lowest BCUT2D eigenvalue weighted by molar-refractivity contribution is -0.117. The Bertz CT molecular complexity index is 868. The average Bonchev–Trinajstić information content (AvgIpc) is 3.00. The van der Waals surface area contributed by atoms with Gasteiger partial charge in [-0.05, 0) is 30.7 Å². The number of ether oxygens (including phenoxy) is 1. The number of rotatable bonds is 6. The second-order valence-corrected chi connectivity index (χ2v) is 8.44. The van der Waals surface area contributed by atoms with Gasteiger partial charge in [-0.1, -0.05) is 30.3 Å². The van der Waals surface area contributed by atoms with Crippen molar-refractivity contribution >= 4 is 27.1 Å². The van der Waals surface area contributed by atoms with Crippen LogP contribution >= 0.6 is 0 Å². The van der Waals surface area contributed by atoms with Crippen LogP contribution in [0.25, 0.3) is 0 Å². The fourth-order valence-corrected chi connectivity index (χ4v) is 4.87. The molecule has 2 aromatic rings. The average molecular weight is 374 g/mol. The maximum absolute atomic E-state index is 12.9. The van der Waals surface area contributed by atoms with E-state index in [0.29, 0.717) is 17.9 Å². The van der Waals surface area contributed by atoms with E-state index in [9.17, 15) is 13.2 Å². The number of carbonyl (C=O) groups excluding carboxylic acids is 1. The van der Waals surface area contributed by atoms with Gasteiger partial charge in [-0.15, -0.1) is 0 Å². The maximum atomic E-state index is 12.9. The number of para-hydroxylation sites is 3. The molecule has 0 aromatic heterocycles. The topological polar surface area (TPSA) is 75.7 Å². The summed E-state index contributed by atoms with van der Waals surface area (Å²) in [7, 11) is -1.52. The molecule has 2 aromatic carbocycles. The summed E-state index contributed by atoms with van der Waals surface area (Å²) in [6, 6.07) is 16.2. The molecule has 26 heavy (non-hydrogen) atoms. The van der Waals surface area contributed by atoms with Crippen molar-refractivity contribution in [3.05, 3.63) is 54.6 Å². The van der Waals surface area contributed by atoms with Crippen LogP contribution in [-0.4, -0.2) is 45.5 Å². The third kappa shape index (κ3) is 4.16. The van der Waals surface area contributed by atoms with Gasteiger partial charge < -0.3 is 15.0 Å². The van der Waals surface area contributed by atoms with E-state index in [0.717, 1.165) is 5.69 Å². The first kappa shape index (κ1) is 18.3. The van der Waals surface area contributed by atoms with Crippen LogP contribution in [0.5, 0.6) is 5.75 Å². The van der Waals surface area contributed by atoms with Gasteiger partial charge in [0.25, 0.3) is 0 Å². The standard InChI is InChI=1S/C19H22N2O4S/c1-25-18-10-6-5-9-17(18)20-13-19(22)21(15-7-3-2-4-8-15)16-11-12-26(23,24)14-16/h2-10,16,20H,11-14H2,1H3. The summed E-state index contributed by atoms with van der Waals surface area (Å²) in [6.45, 7) is 0.0474. The smallest absolute Gasteiger partial charge is 0.246 e. The highest BCUT2D eigenvalue weighted by Crippen LogP contribution is 2.26. The summed E-state index contributed by atoms with van der Waals surface area (Å²) >= 11 is 0. The molecule has 0 saturated carbocycles. The molecule has 0 radical (unpaired) electrons. The summed E-state index contributed by atoms with van der Waals surface area (Å²) in [5.41, 5.74) is 1.43. The van der Waals surface area contributed by atoms with Crippen molar-refractivity contribution in [2.75, 3.05) is 35.4 Å². The molecular formula is C19H22N2O4S. The molecular weight excluding hydrogens is 352 g/mol. The fourth-order valence-electron chi connectivity index (χ4n) is 3.17. The van der Waals surface area contributed by atoms with E-state index in [1.165, 1.54) is 0 Å². The number of sulfone groups is 1. The van der Waals surface area contributed by atoms with Crippen molar-refractivity contribution < 1.29 is 17.9 Å². The Morgan fingerprint density at radius 1 is 1.15 bits per heavy atom. The van der Waals surface area contributed by atoms with Crippen LogP contribution in [0.1, 0.15) is 6.42 Å². The van der Waals surface area contributed by atoms with Gasteiger partial charge in [0, 0.05) is 5.69 Å². The van der Waals surface area contributed by atoms with E-state index in [2.05, 4.69) is 5.32 Å². The largest absolute Gasteiger partial charge is 0.495 e. The SMILES string of the molecule is COc1ccccc1NCC(=O)N(c1ccccc1)C1CCS(=O)(=O)C1. The van der Waals surface area contributed by atoms with Gasteiger partial charge in [0.15, 0.2) is 9.84 Å². The number of anilines is 2. The minimum atomic E-state index is -3.09. The van der Waals surface area contributed by atoms with Crippen molar-refractivity contribution in [2.45, 2.75) is 12.5 Å². The Balaban J connectivity index is 1.79. The first-order chi connectivity index (χ1) is 12.5. The first-order valence-electron chi connectivity index (χ1n) is 8.44. The quantitative estimate of drug-likeness (QED) is 0.840. The molecule has 0 spiro atoms. The van der Waals surface area contributed by atoms with Crippen LogP contribution in [0.4, 0.5) is 11.4 Å². The van der Waals surface area contributed by atoms with E-state index >= 15 is 0 Å². The number of amides is 1. The molecule has 0 aliphatic carbocycles. The van der Waals surface area contributed by atoms with Crippen LogP contribution in [0.3, 0.4) is 0 Å². The molecule has 1 saturated heterocycles. The van der Waals surface area contributed by atoms with Crippen molar-refractivity contribution in [2.24, 2.45) is 0 Å². The van der Waals surface area contributed by atoms with Gasteiger partial charge in [0.2, 0.25) is 5.91 Å². The number of hydrogen-bond donors (Lipinski definition) is 1. The van der Waals surface area contributed by atoms with E-state index < -0.39 is 9.84 Å². The lowest BCUT2D eigenvalue weighted by atomic mass is 10.1. The molecule has 0 bridgehead atoms. The first-order valence-corrected chi connectivity index (χ1v) is 10.3. The lowest BCUT2D eigenvalue weighted by Crippen LogP contribution is -2.44. The number of benzene rings is 2. The number of nitrogens with zero attached hydrogens (tertiary/aromatic N) is 1. The summed E-state index contributed by atoms with van der Waals surface area (Å²) < 4.78 is 29.1. The summed E-state index contributed by atoms with van der Waals surface area (Å²) in [5.74, 6) is 0.593. The van der Waals surface area contributed by atoms with Crippen molar-refractivity contribution in [1.82, 2.24) is 0 Å². The van der Waals surface area contributed by atoms with Crippen LogP contribution in [0.2, 0.25) is 0 Å². The molecule has 1 fully saturated rings. The Morgan fingerprint density at radius 2 is 1.85 bits per heavy atom. The van der Waals surface area contributed by atoms with E-state index in [1.54, 1.807) is 12.0 Å². The Morgan fingerprint density at radius 3 is 2.50 bits per heavy atom. The number of carbonyl (C=O) groups is 1. The van der Waals surface area contributed by atoms with Gasteiger partial charge in [-0.25, -0.2) is 8.42 Å². The predicted molar refractivity (Wildman–Crippen MR) is 102 cm³/mol. The second kappa shape index (κ2) is 7.78. The molecule has 1 N–H and O–H groups in total. The molecule has 3 rings (SSSR count). The summed E-state index contributed by atoms with van der Waals surface area (Å²) in [5, 5.41) is 3.09. The van der Waals surface area contributed by atoms with Gasteiger partial charge >= 0.3 is 0 Å². The van der Waals surface area contributed by atoms with Crippen LogP contribution in [0.15, 0.2) is 54.6 Å². The Labute approximate surface area is 153 Å². The minimum Gasteiger partial charge on any atom is -0.495 e. The molecule has 7 heteroatoms. The monoisotopic (exact) mass is 374 g/mol. The predicted octanol–water partition coefficient (Wildman–Crippen LogP) is 2.33. The van der Waals surface area contributed by atoms with Gasteiger partial charge in [0.1, 0.15) is 5.75 Å². The highest BCUT2D eigenvalue weighted by atomic mass is 32.2. The Kier molecular flexibility index (Phi) is 5.46. The highest BCUT2D eigenvalue weighted by Gasteiger charge is 2.35. The van der Waals surface area contributed by atoms with Gasteiger partial charge in [-0.2, -0.15) is 0 Å². The third-order valence-corrected chi connectivity index (χ3v) is 6.16. The Hall–Kier alpha value is -2.54. The zero-order valence-electron chi connectivity index (χ0n) is 14.6. The molecule has 1 aliphatic rings. The van der Waals surface area contributed by atoms with Gasteiger partial charge in [-0.3, -0.25) is 4.79 Å². The molecule has 1 heterocycles. The number of methoxy groups -OCH3 is 1. The van der Waals surface area contributed by atoms with Crippen molar-refractivity contribution in [3.63, 3.8) is 0 Å². The van der Waals surface area contributed by atoms with Gasteiger partial charge in [0.05, 0.1) is 36.9 Å². The van der Waals surface area contributed by atoms with E-state index in [-0.39, 0.29) is 30.0 Å². The molecule has 1 atom stereocenters. The van der Waals surface area contributed by atoms with E-state index in [1.807, 2.05) is 54.6 Å². The molecule has 1 aliphatic heterocycles.